The van der Waals surface area contributed by atoms with Crippen molar-refractivity contribution < 1.29 is 19.3 Å². The molecule has 0 saturated carbocycles. The molecule has 0 fully saturated rings. The van der Waals surface area contributed by atoms with Gasteiger partial charge in [0.25, 0.3) is 0 Å². The van der Waals surface area contributed by atoms with Crippen molar-refractivity contribution in [3.63, 3.8) is 0 Å². The summed E-state index contributed by atoms with van der Waals surface area (Å²) < 4.78 is 5.42. The molecule has 1 aromatic rings. The van der Waals surface area contributed by atoms with Gasteiger partial charge in [0.1, 0.15) is 5.75 Å². The van der Waals surface area contributed by atoms with Crippen LogP contribution in [-0.4, -0.2) is 19.2 Å². The molecule has 0 aliphatic rings. The van der Waals surface area contributed by atoms with E-state index in [1.807, 2.05) is 13.8 Å². The van der Waals surface area contributed by atoms with Crippen LogP contribution in [0.4, 0.5) is 0 Å². The predicted octanol–water partition coefficient (Wildman–Crippen LogP) is 3.36. The first kappa shape index (κ1) is 14.5. The third-order valence-electron chi connectivity index (χ3n) is 2.28. The molecule has 0 atom stereocenters. The van der Waals surface area contributed by atoms with Gasteiger partial charge in [-0.25, -0.2) is 4.79 Å². The van der Waals surface area contributed by atoms with Gasteiger partial charge >= 0.3 is 5.97 Å². The van der Waals surface area contributed by atoms with Gasteiger partial charge in [0, 0.05) is 0 Å². The first-order valence-corrected chi connectivity index (χ1v) is 6.34. The van der Waals surface area contributed by atoms with Crippen LogP contribution < -0.4 is 4.74 Å². The summed E-state index contributed by atoms with van der Waals surface area (Å²) in [4.78, 5) is 21.0. The van der Waals surface area contributed by atoms with E-state index in [0.29, 0.717) is 18.8 Å². The van der Waals surface area contributed by atoms with Gasteiger partial charge in [-0.15, -0.1) is 0 Å². The van der Waals surface area contributed by atoms with E-state index in [-0.39, 0.29) is 0 Å². The molecule has 0 saturated heterocycles. The normalized spacial score (nSPS) is 10.1. The maximum absolute atomic E-state index is 11.5. The van der Waals surface area contributed by atoms with Crippen LogP contribution in [0.2, 0.25) is 0 Å². The molecule has 0 unspecified atom stereocenters. The van der Waals surface area contributed by atoms with Crippen molar-refractivity contribution in [3.8, 4) is 5.75 Å². The Morgan fingerprint density at radius 1 is 1.06 bits per heavy atom. The highest BCUT2D eigenvalue weighted by molar-refractivity contribution is 5.89. The smallest absolute Gasteiger partial charge is 0.373 e. The Bertz CT molecular complexity index is 345. The van der Waals surface area contributed by atoms with E-state index in [4.69, 9.17) is 9.62 Å². The topological polar surface area (TPSA) is 44.8 Å². The minimum Gasteiger partial charge on any atom is -0.494 e. The Morgan fingerprint density at radius 3 is 2.39 bits per heavy atom. The largest absolute Gasteiger partial charge is 0.494 e. The lowest BCUT2D eigenvalue weighted by atomic mass is 10.2. The number of unbranched alkanes of at least 4 members (excludes halogenated alkanes) is 1. The second-order valence-corrected chi connectivity index (χ2v) is 3.92. The molecule has 1 rings (SSSR count). The highest BCUT2D eigenvalue weighted by Gasteiger charge is 2.08. The first-order chi connectivity index (χ1) is 8.77. The Labute approximate surface area is 108 Å². The fourth-order valence-corrected chi connectivity index (χ4v) is 1.25. The van der Waals surface area contributed by atoms with Crippen molar-refractivity contribution in [1.82, 2.24) is 0 Å². The Kier molecular flexibility index (Phi) is 6.87. The van der Waals surface area contributed by atoms with Gasteiger partial charge in [-0.3, -0.25) is 4.89 Å². The monoisotopic (exact) mass is 252 g/mol. The van der Waals surface area contributed by atoms with E-state index in [9.17, 15) is 4.79 Å². The van der Waals surface area contributed by atoms with E-state index in [2.05, 4.69) is 4.89 Å². The maximum atomic E-state index is 11.5. The average molecular weight is 252 g/mol. The number of ether oxygens (including phenoxy) is 1. The molecule has 0 radical (unpaired) electrons. The summed E-state index contributed by atoms with van der Waals surface area (Å²) in [5.41, 5.74) is 0.454. The van der Waals surface area contributed by atoms with Gasteiger partial charge < -0.3 is 4.74 Å². The minimum absolute atomic E-state index is 0.430. The first-order valence-electron chi connectivity index (χ1n) is 6.34. The molecule has 18 heavy (non-hydrogen) atoms. The molecule has 0 heterocycles. The molecule has 0 bridgehead atoms. The quantitative estimate of drug-likeness (QED) is 0.404. The molecule has 0 spiro atoms. The maximum Gasteiger partial charge on any atom is 0.373 e. The van der Waals surface area contributed by atoms with E-state index >= 15 is 0 Å². The van der Waals surface area contributed by atoms with E-state index in [1.54, 1.807) is 24.3 Å². The van der Waals surface area contributed by atoms with Crippen LogP contribution in [0.25, 0.3) is 0 Å². The molecule has 100 valence electrons. The van der Waals surface area contributed by atoms with Crippen molar-refractivity contribution in [1.29, 1.82) is 0 Å². The zero-order valence-corrected chi connectivity index (χ0v) is 11.0. The molecule has 0 aliphatic heterocycles. The van der Waals surface area contributed by atoms with Crippen molar-refractivity contribution in [2.45, 2.75) is 33.1 Å². The minimum atomic E-state index is -0.479. The molecule has 4 heteroatoms. The summed E-state index contributed by atoms with van der Waals surface area (Å²) in [5.74, 6) is 0.272. The highest BCUT2D eigenvalue weighted by Crippen LogP contribution is 2.13. The van der Waals surface area contributed by atoms with Crippen LogP contribution in [0, 0.1) is 0 Å². The summed E-state index contributed by atoms with van der Waals surface area (Å²) >= 11 is 0. The molecule has 0 N–H and O–H groups in total. The Morgan fingerprint density at radius 2 is 1.78 bits per heavy atom. The third kappa shape index (κ3) is 5.19. The van der Waals surface area contributed by atoms with Gasteiger partial charge in [0.05, 0.1) is 18.8 Å². The predicted molar refractivity (Wildman–Crippen MR) is 68.5 cm³/mol. The van der Waals surface area contributed by atoms with Crippen molar-refractivity contribution in [2.75, 3.05) is 13.2 Å². The zero-order valence-electron chi connectivity index (χ0n) is 11.0. The second kappa shape index (κ2) is 8.53. The van der Waals surface area contributed by atoms with Gasteiger partial charge in [-0.1, -0.05) is 20.3 Å². The third-order valence-corrected chi connectivity index (χ3v) is 2.28. The fourth-order valence-electron chi connectivity index (χ4n) is 1.25. The molecule has 1 aromatic carbocycles. The number of rotatable bonds is 8. The zero-order chi connectivity index (χ0) is 13.2. The molecule has 4 nitrogen and oxygen atoms in total. The summed E-state index contributed by atoms with van der Waals surface area (Å²) in [7, 11) is 0. The van der Waals surface area contributed by atoms with Crippen LogP contribution in [0.3, 0.4) is 0 Å². The lowest BCUT2D eigenvalue weighted by Crippen LogP contribution is -2.07. The Hall–Kier alpha value is -1.55. The summed E-state index contributed by atoms with van der Waals surface area (Å²) in [6.07, 6.45) is 2.83. The molecule has 0 amide bonds. The van der Waals surface area contributed by atoms with Gasteiger partial charge in [-0.05, 0) is 37.1 Å². The van der Waals surface area contributed by atoms with Crippen LogP contribution in [0.1, 0.15) is 43.5 Å². The number of benzene rings is 1. The molecular formula is C14H20O4. The Balaban J connectivity index is 2.38. The SMILES string of the molecule is CCCCOOC(=O)c1ccc(OCCC)cc1. The average Bonchev–Trinajstić information content (AvgIpc) is 2.41. The number of carbonyl (C=O) groups excluding carboxylic acids is 1. The lowest BCUT2D eigenvalue weighted by molar-refractivity contribution is -0.241. The lowest BCUT2D eigenvalue weighted by Gasteiger charge is -2.05. The van der Waals surface area contributed by atoms with Gasteiger partial charge in [0.2, 0.25) is 0 Å². The van der Waals surface area contributed by atoms with Gasteiger partial charge in [-0.2, -0.15) is 4.89 Å². The second-order valence-electron chi connectivity index (χ2n) is 3.92. The summed E-state index contributed by atoms with van der Waals surface area (Å²) in [6.45, 7) is 5.18. The van der Waals surface area contributed by atoms with Crippen LogP contribution in [0.5, 0.6) is 5.75 Å². The molecular weight excluding hydrogens is 232 g/mol. The summed E-state index contributed by atoms with van der Waals surface area (Å²) in [6, 6.07) is 6.82. The van der Waals surface area contributed by atoms with Crippen molar-refractivity contribution in [3.05, 3.63) is 29.8 Å². The number of carbonyl (C=O) groups is 1. The standard InChI is InChI=1S/C14H20O4/c1-3-5-11-17-18-14(15)12-6-8-13(9-7-12)16-10-4-2/h6-9H,3-5,10-11H2,1-2H3. The van der Waals surface area contributed by atoms with E-state index in [0.717, 1.165) is 25.0 Å². The van der Waals surface area contributed by atoms with Crippen LogP contribution >= 0.6 is 0 Å². The molecule has 0 aliphatic carbocycles. The molecule has 0 aromatic heterocycles. The van der Waals surface area contributed by atoms with Crippen molar-refractivity contribution in [2.24, 2.45) is 0 Å². The highest BCUT2D eigenvalue weighted by atomic mass is 17.2. The summed E-state index contributed by atoms with van der Waals surface area (Å²) in [5, 5.41) is 0. The number of hydrogen-bond acceptors (Lipinski definition) is 4. The van der Waals surface area contributed by atoms with E-state index in [1.165, 1.54) is 0 Å². The van der Waals surface area contributed by atoms with Crippen LogP contribution in [-0.2, 0) is 9.78 Å². The van der Waals surface area contributed by atoms with Crippen molar-refractivity contribution >= 4 is 5.97 Å². The van der Waals surface area contributed by atoms with Gasteiger partial charge in [0.15, 0.2) is 0 Å². The fraction of sp³-hybridized carbons (Fsp3) is 0.500. The van der Waals surface area contributed by atoms with E-state index < -0.39 is 5.97 Å². The van der Waals surface area contributed by atoms with Crippen LogP contribution in [0.15, 0.2) is 24.3 Å². The number of hydrogen-bond donors (Lipinski definition) is 0.